The molecule has 8 nitrogen and oxygen atoms in total. The SMILES string of the molecule is CCOC(C)CNS(=O)(=O)c1cccc(NC)c1[N+](=O)[O-]. The van der Waals surface area contributed by atoms with E-state index >= 15 is 0 Å². The summed E-state index contributed by atoms with van der Waals surface area (Å²) in [4.78, 5) is 10.0. The van der Waals surface area contributed by atoms with E-state index in [1.165, 1.54) is 25.2 Å². The van der Waals surface area contributed by atoms with Crippen LogP contribution >= 0.6 is 0 Å². The largest absolute Gasteiger partial charge is 0.383 e. The van der Waals surface area contributed by atoms with E-state index in [0.29, 0.717) is 6.61 Å². The van der Waals surface area contributed by atoms with Crippen molar-refractivity contribution in [2.45, 2.75) is 24.8 Å². The Bertz CT molecular complexity index is 603. The summed E-state index contributed by atoms with van der Waals surface area (Å²) in [5.41, 5.74) is -0.336. The number of hydrogen-bond donors (Lipinski definition) is 2. The topological polar surface area (TPSA) is 111 Å². The van der Waals surface area contributed by atoms with Crippen LogP contribution in [0.5, 0.6) is 0 Å². The Kier molecular flexibility index (Phi) is 6.06. The molecule has 1 rings (SSSR count). The van der Waals surface area contributed by atoms with Gasteiger partial charge in [-0.25, -0.2) is 13.1 Å². The Morgan fingerprint density at radius 2 is 2.10 bits per heavy atom. The van der Waals surface area contributed by atoms with Crippen molar-refractivity contribution in [1.29, 1.82) is 0 Å². The number of benzene rings is 1. The summed E-state index contributed by atoms with van der Waals surface area (Å²) >= 11 is 0. The van der Waals surface area contributed by atoms with Crippen molar-refractivity contribution in [3.05, 3.63) is 28.3 Å². The smallest absolute Gasteiger partial charge is 0.312 e. The number of para-hydroxylation sites is 1. The van der Waals surface area contributed by atoms with Crippen LogP contribution < -0.4 is 10.0 Å². The summed E-state index contributed by atoms with van der Waals surface area (Å²) in [6, 6.07) is 4.09. The van der Waals surface area contributed by atoms with Crippen molar-refractivity contribution in [3.8, 4) is 0 Å². The third-order valence-corrected chi connectivity index (χ3v) is 4.21. The van der Waals surface area contributed by atoms with Gasteiger partial charge in [-0.3, -0.25) is 10.1 Å². The van der Waals surface area contributed by atoms with E-state index in [9.17, 15) is 18.5 Å². The maximum Gasteiger partial charge on any atom is 0.312 e. The zero-order valence-electron chi connectivity index (χ0n) is 12.1. The highest BCUT2D eigenvalue weighted by Crippen LogP contribution is 2.31. The van der Waals surface area contributed by atoms with Crippen LogP contribution in [0.4, 0.5) is 11.4 Å². The Labute approximate surface area is 123 Å². The summed E-state index contributed by atoms with van der Waals surface area (Å²) in [5, 5.41) is 13.8. The lowest BCUT2D eigenvalue weighted by molar-refractivity contribution is -0.386. The Hall–Kier alpha value is -1.71. The van der Waals surface area contributed by atoms with Crippen molar-refractivity contribution in [2.24, 2.45) is 0 Å². The first kappa shape index (κ1) is 17.3. The fraction of sp³-hybridized carbons (Fsp3) is 0.500. The molecule has 2 N–H and O–H groups in total. The van der Waals surface area contributed by atoms with Crippen molar-refractivity contribution < 1.29 is 18.1 Å². The second-order valence-electron chi connectivity index (χ2n) is 4.28. The molecule has 0 saturated carbocycles. The minimum Gasteiger partial charge on any atom is -0.383 e. The van der Waals surface area contributed by atoms with Gasteiger partial charge in [0.05, 0.1) is 11.0 Å². The van der Waals surface area contributed by atoms with Gasteiger partial charge in [0.2, 0.25) is 10.0 Å². The van der Waals surface area contributed by atoms with E-state index in [-0.39, 0.29) is 23.2 Å². The third kappa shape index (κ3) is 4.38. The molecule has 1 atom stereocenters. The number of anilines is 1. The van der Waals surface area contributed by atoms with Crippen molar-refractivity contribution >= 4 is 21.4 Å². The van der Waals surface area contributed by atoms with Gasteiger partial charge in [0.1, 0.15) is 5.69 Å². The van der Waals surface area contributed by atoms with E-state index in [0.717, 1.165) is 0 Å². The van der Waals surface area contributed by atoms with Gasteiger partial charge < -0.3 is 10.1 Å². The van der Waals surface area contributed by atoms with Crippen LogP contribution in [0.25, 0.3) is 0 Å². The summed E-state index contributed by atoms with van der Waals surface area (Å²) in [6.45, 7) is 4.01. The molecule has 1 aromatic rings. The lowest BCUT2D eigenvalue weighted by Gasteiger charge is -2.13. The van der Waals surface area contributed by atoms with E-state index in [4.69, 9.17) is 4.74 Å². The molecular weight excluding hydrogens is 298 g/mol. The van der Waals surface area contributed by atoms with Gasteiger partial charge in [0, 0.05) is 20.2 Å². The molecule has 1 aromatic carbocycles. The van der Waals surface area contributed by atoms with Gasteiger partial charge in [-0.15, -0.1) is 0 Å². The Morgan fingerprint density at radius 1 is 1.43 bits per heavy atom. The maximum atomic E-state index is 12.2. The third-order valence-electron chi connectivity index (χ3n) is 2.75. The number of nitrogens with zero attached hydrogens (tertiary/aromatic N) is 1. The van der Waals surface area contributed by atoms with Crippen molar-refractivity contribution in [1.82, 2.24) is 4.72 Å². The van der Waals surface area contributed by atoms with Crippen molar-refractivity contribution in [3.63, 3.8) is 0 Å². The zero-order chi connectivity index (χ0) is 16.0. The van der Waals surface area contributed by atoms with Crippen LogP contribution in [0.1, 0.15) is 13.8 Å². The number of nitrogens with one attached hydrogen (secondary N) is 2. The van der Waals surface area contributed by atoms with E-state index in [2.05, 4.69) is 10.0 Å². The van der Waals surface area contributed by atoms with Gasteiger partial charge in [0.15, 0.2) is 4.90 Å². The number of ether oxygens (including phenoxy) is 1. The van der Waals surface area contributed by atoms with E-state index < -0.39 is 20.6 Å². The Morgan fingerprint density at radius 3 is 2.62 bits per heavy atom. The molecule has 0 radical (unpaired) electrons. The van der Waals surface area contributed by atoms with Crippen LogP contribution in [0.15, 0.2) is 23.1 Å². The van der Waals surface area contributed by atoms with Crippen molar-refractivity contribution in [2.75, 3.05) is 25.5 Å². The first-order chi connectivity index (χ1) is 9.83. The molecular formula is C12H19N3O5S. The molecule has 0 spiro atoms. The predicted octanol–water partition coefficient (Wildman–Crippen LogP) is 1.34. The molecule has 9 heteroatoms. The summed E-state index contributed by atoms with van der Waals surface area (Å²) in [5.74, 6) is 0. The first-order valence-corrected chi connectivity index (χ1v) is 7.88. The molecule has 0 aromatic heterocycles. The number of nitro benzene ring substituents is 1. The van der Waals surface area contributed by atoms with Crippen LogP contribution in [0.3, 0.4) is 0 Å². The Balaban J connectivity index is 3.11. The fourth-order valence-electron chi connectivity index (χ4n) is 1.78. The number of sulfonamides is 1. The number of hydrogen-bond acceptors (Lipinski definition) is 6. The molecule has 0 aliphatic heterocycles. The van der Waals surface area contributed by atoms with Crippen LogP contribution in [0, 0.1) is 10.1 Å². The molecule has 0 amide bonds. The summed E-state index contributed by atoms with van der Waals surface area (Å²) < 4.78 is 32.0. The van der Waals surface area contributed by atoms with Gasteiger partial charge in [-0.05, 0) is 26.0 Å². The summed E-state index contributed by atoms with van der Waals surface area (Å²) in [7, 11) is -2.50. The minimum absolute atomic E-state index is 0.0388. The highest BCUT2D eigenvalue weighted by molar-refractivity contribution is 7.89. The first-order valence-electron chi connectivity index (χ1n) is 6.39. The molecule has 1 unspecified atom stereocenters. The van der Waals surface area contributed by atoms with Gasteiger partial charge >= 0.3 is 5.69 Å². The highest BCUT2D eigenvalue weighted by atomic mass is 32.2. The minimum atomic E-state index is -3.99. The predicted molar refractivity (Wildman–Crippen MR) is 78.9 cm³/mol. The normalized spacial score (nSPS) is 12.9. The van der Waals surface area contributed by atoms with E-state index in [1.54, 1.807) is 13.8 Å². The second-order valence-corrected chi connectivity index (χ2v) is 6.01. The van der Waals surface area contributed by atoms with Crippen LogP contribution in [-0.2, 0) is 14.8 Å². The molecule has 0 heterocycles. The molecule has 0 aliphatic carbocycles. The average Bonchev–Trinajstić information content (AvgIpc) is 2.44. The van der Waals surface area contributed by atoms with Crippen LogP contribution in [0.2, 0.25) is 0 Å². The molecule has 118 valence electrons. The maximum absolute atomic E-state index is 12.2. The molecule has 0 saturated heterocycles. The average molecular weight is 317 g/mol. The highest BCUT2D eigenvalue weighted by Gasteiger charge is 2.28. The molecule has 21 heavy (non-hydrogen) atoms. The van der Waals surface area contributed by atoms with Gasteiger partial charge in [0.25, 0.3) is 0 Å². The number of nitro groups is 1. The zero-order valence-corrected chi connectivity index (χ0v) is 12.9. The van der Waals surface area contributed by atoms with Crippen LogP contribution in [-0.4, -0.2) is 39.6 Å². The standard InChI is InChI=1S/C12H19N3O5S/c1-4-20-9(2)8-14-21(18,19)11-7-5-6-10(13-3)12(11)15(16)17/h5-7,9,13-14H,4,8H2,1-3H3. The lowest BCUT2D eigenvalue weighted by Crippen LogP contribution is -2.32. The van der Waals surface area contributed by atoms with Gasteiger partial charge in [-0.1, -0.05) is 6.07 Å². The quantitative estimate of drug-likeness (QED) is 0.553. The van der Waals surface area contributed by atoms with Gasteiger partial charge in [-0.2, -0.15) is 0 Å². The lowest BCUT2D eigenvalue weighted by atomic mass is 10.3. The molecule has 0 bridgehead atoms. The molecule has 0 aliphatic rings. The van der Waals surface area contributed by atoms with E-state index in [1.807, 2.05) is 0 Å². The monoisotopic (exact) mass is 317 g/mol. The summed E-state index contributed by atoms with van der Waals surface area (Å²) in [6.07, 6.45) is -0.323. The molecule has 0 fully saturated rings. The fourth-order valence-corrected chi connectivity index (χ4v) is 3.08. The second kappa shape index (κ2) is 7.34. The number of rotatable bonds is 8.